The molecule has 0 aliphatic heterocycles. The normalized spacial score (nSPS) is 14.5. The van der Waals surface area contributed by atoms with Gasteiger partial charge in [0.15, 0.2) is 0 Å². The minimum atomic E-state index is 0.487. The molecule has 1 heterocycles. The lowest BCUT2D eigenvalue weighted by molar-refractivity contribution is 0.707. The van der Waals surface area contributed by atoms with Crippen molar-refractivity contribution in [2.75, 3.05) is 16.9 Å². The van der Waals surface area contributed by atoms with Gasteiger partial charge in [0.2, 0.25) is 5.95 Å². The highest BCUT2D eigenvalue weighted by Gasteiger charge is 2.30. The molecule has 1 aromatic carbocycles. The van der Waals surface area contributed by atoms with Crippen molar-refractivity contribution in [3.05, 3.63) is 24.3 Å². The van der Waals surface area contributed by atoms with Gasteiger partial charge in [-0.2, -0.15) is 4.98 Å². The Hall–Kier alpha value is -1.88. The summed E-state index contributed by atoms with van der Waals surface area (Å²) < 4.78 is 0. The molecule has 0 bridgehead atoms. The van der Waals surface area contributed by atoms with Crippen LogP contribution in [0.2, 0.25) is 0 Å². The van der Waals surface area contributed by atoms with Gasteiger partial charge in [-0.15, -0.1) is 0 Å². The summed E-state index contributed by atoms with van der Waals surface area (Å²) in [5.41, 5.74) is 3.52. The molecule has 0 amide bonds. The fraction of sp³-hybridized carbons (Fsp3) is 0.467. The first-order valence-corrected chi connectivity index (χ1v) is 7.33. The topological polar surface area (TPSA) is 67.1 Å². The first kappa shape index (κ1) is 13.1. The smallest absolute Gasteiger partial charge is 0.239 e. The number of hydrogen-bond donors (Lipinski definition) is 2. The van der Waals surface area contributed by atoms with Crippen LogP contribution in [0, 0.1) is 0 Å². The van der Waals surface area contributed by atoms with Crippen LogP contribution in [0.1, 0.15) is 32.6 Å². The fourth-order valence-electron chi connectivity index (χ4n) is 2.52. The molecule has 0 saturated heterocycles. The zero-order chi connectivity index (χ0) is 13.9. The number of hydrogen-bond acceptors (Lipinski definition) is 5. The van der Waals surface area contributed by atoms with E-state index in [1.54, 1.807) is 0 Å². The summed E-state index contributed by atoms with van der Waals surface area (Å²) >= 11 is 0. The van der Waals surface area contributed by atoms with Gasteiger partial charge in [0.1, 0.15) is 5.82 Å². The zero-order valence-electron chi connectivity index (χ0n) is 11.8. The lowest BCUT2D eigenvalue weighted by atomic mass is 10.2. The number of rotatable bonds is 6. The predicted molar refractivity (Wildman–Crippen MR) is 82.6 cm³/mol. The van der Waals surface area contributed by atoms with E-state index in [2.05, 4.69) is 33.3 Å². The molecule has 5 nitrogen and oxygen atoms in total. The van der Waals surface area contributed by atoms with Crippen LogP contribution in [0.3, 0.4) is 0 Å². The minimum Gasteiger partial charge on any atom is -0.353 e. The number of nitrogens with two attached hydrogens (primary N) is 1. The Bertz CT molecular complexity index is 594. The van der Waals surface area contributed by atoms with Crippen LogP contribution >= 0.6 is 0 Å². The van der Waals surface area contributed by atoms with Crippen molar-refractivity contribution >= 4 is 22.7 Å². The summed E-state index contributed by atoms with van der Waals surface area (Å²) in [6.07, 6.45) is 4.88. The molecule has 1 aliphatic carbocycles. The number of benzene rings is 1. The maximum atomic E-state index is 5.51. The maximum absolute atomic E-state index is 5.51. The van der Waals surface area contributed by atoms with Crippen LogP contribution in [-0.4, -0.2) is 22.6 Å². The first-order chi connectivity index (χ1) is 9.83. The fourth-order valence-corrected chi connectivity index (χ4v) is 2.52. The summed E-state index contributed by atoms with van der Waals surface area (Å²) in [5, 5.41) is 1.11. The Balaban J connectivity index is 2.06. The number of nitrogen functional groups attached to an aromatic ring is 1. The number of fused-ring (bicyclic) bond motifs is 1. The van der Waals surface area contributed by atoms with Crippen LogP contribution in [-0.2, 0) is 0 Å². The van der Waals surface area contributed by atoms with E-state index >= 15 is 0 Å². The maximum Gasteiger partial charge on any atom is 0.239 e. The lowest BCUT2D eigenvalue weighted by Gasteiger charge is -2.25. The molecule has 0 spiro atoms. The number of unbranched alkanes of at least 4 members (excludes halogenated alkanes) is 1. The Kier molecular flexibility index (Phi) is 3.69. The molecule has 0 unspecified atom stereocenters. The largest absolute Gasteiger partial charge is 0.353 e. The van der Waals surface area contributed by atoms with E-state index in [4.69, 9.17) is 5.84 Å². The van der Waals surface area contributed by atoms with Gasteiger partial charge in [-0.3, -0.25) is 5.43 Å². The Morgan fingerprint density at radius 2 is 2.10 bits per heavy atom. The monoisotopic (exact) mass is 271 g/mol. The van der Waals surface area contributed by atoms with Crippen LogP contribution in [0.25, 0.3) is 10.9 Å². The molecule has 1 aromatic heterocycles. The first-order valence-electron chi connectivity index (χ1n) is 7.33. The highest BCUT2D eigenvalue weighted by molar-refractivity contribution is 5.90. The molecular formula is C15H21N5. The average molecular weight is 271 g/mol. The van der Waals surface area contributed by atoms with Crippen molar-refractivity contribution < 1.29 is 0 Å². The quantitative estimate of drug-likeness (QED) is 0.624. The van der Waals surface area contributed by atoms with Gasteiger partial charge >= 0.3 is 0 Å². The second-order valence-corrected chi connectivity index (χ2v) is 5.31. The Morgan fingerprint density at radius 3 is 2.80 bits per heavy atom. The third kappa shape index (κ3) is 2.54. The van der Waals surface area contributed by atoms with Gasteiger partial charge in [0, 0.05) is 18.0 Å². The molecule has 20 heavy (non-hydrogen) atoms. The van der Waals surface area contributed by atoms with Crippen molar-refractivity contribution in [3.63, 3.8) is 0 Å². The molecule has 2 aromatic rings. The molecular weight excluding hydrogens is 250 g/mol. The summed E-state index contributed by atoms with van der Waals surface area (Å²) in [7, 11) is 0. The molecule has 0 radical (unpaired) electrons. The van der Waals surface area contributed by atoms with E-state index in [0.29, 0.717) is 12.0 Å². The van der Waals surface area contributed by atoms with Crippen LogP contribution in [0.4, 0.5) is 11.8 Å². The highest BCUT2D eigenvalue weighted by atomic mass is 15.3. The number of para-hydroxylation sites is 1. The Labute approximate surface area is 119 Å². The summed E-state index contributed by atoms with van der Waals surface area (Å²) in [5.74, 6) is 7.01. The summed E-state index contributed by atoms with van der Waals surface area (Å²) in [6.45, 7) is 3.27. The molecule has 0 atom stereocenters. The third-order valence-electron chi connectivity index (χ3n) is 3.72. The van der Waals surface area contributed by atoms with Gasteiger partial charge in [-0.25, -0.2) is 10.8 Å². The van der Waals surface area contributed by atoms with Gasteiger partial charge < -0.3 is 4.90 Å². The van der Waals surface area contributed by atoms with Crippen molar-refractivity contribution in [2.45, 2.75) is 38.6 Å². The zero-order valence-corrected chi connectivity index (χ0v) is 11.8. The van der Waals surface area contributed by atoms with Gasteiger partial charge in [-0.1, -0.05) is 25.5 Å². The highest BCUT2D eigenvalue weighted by Crippen LogP contribution is 2.34. The molecule has 3 rings (SSSR count). The van der Waals surface area contributed by atoms with Crippen molar-refractivity contribution in [1.29, 1.82) is 0 Å². The molecule has 1 aliphatic rings. The summed E-state index contributed by atoms with van der Waals surface area (Å²) in [6, 6.07) is 8.76. The number of nitrogens with zero attached hydrogens (tertiary/aromatic N) is 3. The van der Waals surface area contributed by atoms with E-state index in [0.717, 1.165) is 23.3 Å². The van der Waals surface area contributed by atoms with Crippen LogP contribution in [0.5, 0.6) is 0 Å². The molecule has 106 valence electrons. The van der Waals surface area contributed by atoms with E-state index in [9.17, 15) is 0 Å². The molecule has 1 fully saturated rings. The van der Waals surface area contributed by atoms with Gasteiger partial charge in [0.25, 0.3) is 0 Å². The van der Waals surface area contributed by atoms with Crippen molar-refractivity contribution in [2.24, 2.45) is 5.84 Å². The second kappa shape index (κ2) is 5.63. The van der Waals surface area contributed by atoms with E-state index < -0.39 is 0 Å². The van der Waals surface area contributed by atoms with Crippen LogP contribution < -0.4 is 16.2 Å². The van der Waals surface area contributed by atoms with E-state index in [-0.39, 0.29) is 0 Å². The number of hydrazine groups is 1. The van der Waals surface area contributed by atoms with Crippen molar-refractivity contribution in [1.82, 2.24) is 9.97 Å². The minimum absolute atomic E-state index is 0.487. The van der Waals surface area contributed by atoms with E-state index in [1.165, 1.54) is 25.7 Å². The van der Waals surface area contributed by atoms with Crippen molar-refractivity contribution in [3.8, 4) is 0 Å². The van der Waals surface area contributed by atoms with Gasteiger partial charge in [0.05, 0.1) is 5.52 Å². The average Bonchev–Trinajstić information content (AvgIpc) is 3.32. The number of anilines is 2. The molecule has 1 saturated carbocycles. The van der Waals surface area contributed by atoms with E-state index in [1.807, 2.05) is 18.2 Å². The third-order valence-corrected chi connectivity index (χ3v) is 3.72. The second-order valence-electron chi connectivity index (χ2n) is 5.31. The SMILES string of the molecule is CCCCN(c1nc(NN)nc2ccccc12)C1CC1. The molecule has 3 N–H and O–H groups in total. The van der Waals surface area contributed by atoms with Gasteiger partial charge in [-0.05, 0) is 31.4 Å². The lowest BCUT2D eigenvalue weighted by Crippen LogP contribution is -2.28. The standard InChI is InChI=1S/C15H21N5/c1-2-3-10-20(11-8-9-11)14-12-6-4-5-7-13(12)17-15(18-14)19-16/h4-7,11H,2-3,8-10,16H2,1H3,(H,17,18,19). The predicted octanol–water partition coefficient (Wildman–Crippen LogP) is 2.68. The Morgan fingerprint density at radius 1 is 1.30 bits per heavy atom. The number of aromatic nitrogens is 2. The number of nitrogens with one attached hydrogen (secondary N) is 1. The van der Waals surface area contributed by atoms with Crippen LogP contribution in [0.15, 0.2) is 24.3 Å². The molecule has 5 heteroatoms. The summed E-state index contributed by atoms with van der Waals surface area (Å²) in [4.78, 5) is 11.5.